The first kappa shape index (κ1) is 15.6. The van der Waals surface area contributed by atoms with Crippen molar-refractivity contribution in [1.29, 1.82) is 5.26 Å². The van der Waals surface area contributed by atoms with Crippen LogP contribution < -0.4 is 0 Å². The lowest BCUT2D eigenvalue weighted by atomic mass is 10.2. The van der Waals surface area contributed by atoms with Crippen LogP contribution in [0.25, 0.3) is 0 Å². The number of rotatable bonds is 4. The van der Waals surface area contributed by atoms with Crippen LogP contribution in [0.5, 0.6) is 0 Å². The van der Waals surface area contributed by atoms with Crippen molar-refractivity contribution in [3.8, 4) is 6.07 Å². The van der Waals surface area contributed by atoms with Gasteiger partial charge in [0, 0.05) is 11.9 Å². The molecule has 1 aromatic carbocycles. The van der Waals surface area contributed by atoms with Crippen LogP contribution in [-0.4, -0.2) is 19.8 Å². The summed E-state index contributed by atoms with van der Waals surface area (Å²) >= 11 is 1.44. The molecule has 0 N–H and O–H groups in total. The number of hydrogen-bond acceptors (Lipinski definition) is 4. The Kier molecular flexibility index (Phi) is 4.42. The fourth-order valence-electron chi connectivity index (χ4n) is 1.90. The zero-order valence-electron chi connectivity index (χ0n) is 11.4. The Labute approximate surface area is 127 Å². The molecule has 2 rings (SSSR count). The van der Waals surface area contributed by atoms with Crippen LogP contribution >= 0.6 is 11.3 Å². The van der Waals surface area contributed by atoms with Crippen LogP contribution in [-0.2, 0) is 10.0 Å². The largest absolute Gasteiger partial charge is 0.244 e. The highest BCUT2D eigenvalue weighted by Crippen LogP contribution is 2.30. The number of benzene rings is 1. The van der Waals surface area contributed by atoms with Gasteiger partial charge in [-0.1, -0.05) is 12.1 Å². The molecular weight excluding hydrogens is 311 g/mol. The maximum absolute atomic E-state index is 13.6. The first-order valence-corrected chi connectivity index (χ1v) is 8.41. The van der Waals surface area contributed by atoms with Crippen molar-refractivity contribution in [2.45, 2.75) is 17.9 Å². The summed E-state index contributed by atoms with van der Waals surface area (Å²) in [6.07, 6.45) is 0. The van der Waals surface area contributed by atoms with Crippen LogP contribution in [0.4, 0.5) is 4.39 Å². The summed E-state index contributed by atoms with van der Waals surface area (Å²) < 4.78 is 40.0. The number of halogens is 1. The molecule has 0 amide bonds. The molecule has 0 aliphatic heterocycles. The van der Waals surface area contributed by atoms with E-state index in [-0.39, 0.29) is 4.90 Å². The highest BCUT2D eigenvalue weighted by Gasteiger charge is 2.30. The summed E-state index contributed by atoms with van der Waals surface area (Å²) in [5.41, 5.74) is -0.456. The Morgan fingerprint density at radius 2 is 2.05 bits per heavy atom. The fraction of sp³-hybridized carbons (Fsp3) is 0.214. The molecule has 4 nitrogen and oxygen atoms in total. The van der Waals surface area contributed by atoms with Crippen LogP contribution in [0.3, 0.4) is 0 Å². The van der Waals surface area contributed by atoms with Gasteiger partial charge in [-0.15, -0.1) is 11.3 Å². The van der Waals surface area contributed by atoms with Gasteiger partial charge in [0.25, 0.3) is 0 Å². The van der Waals surface area contributed by atoms with E-state index in [1.54, 1.807) is 13.0 Å². The Balaban J connectivity index is 2.48. The van der Waals surface area contributed by atoms with Crippen molar-refractivity contribution in [3.05, 3.63) is 52.0 Å². The summed E-state index contributed by atoms with van der Waals surface area (Å²) in [4.78, 5) is 0.562. The smallest absolute Gasteiger partial charge is 0.207 e. The van der Waals surface area contributed by atoms with Crippen molar-refractivity contribution >= 4 is 21.4 Å². The van der Waals surface area contributed by atoms with Gasteiger partial charge < -0.3 is 0 Å². The molecule has 0 aliphatic rings. The van der Waals surface area contributed by atoms with Crippen molar-refractivity contribution in [2.24, 2.45) is 0 Å². The summed E-state index contributed by atoms with van der Waals surface area (Å²) in [7, 11) is -2.53. The zero-order valence-corrected chi connectivity index (χ0v) is 13.1. The zero-order chi connectivity index (χ0) is 15.6. The van der Waals surface area contributed by atoms with Crippen LogP contribution in [0.1, 0.15) is 23.4 Å². The number of sulfonamides is 1. The van der Waals surface area contributed by atoms with Gasteiger partial charge in [0.2, 0.25) is 10.0 Å². The topological polar surface area (TPSA) is 61.2 Å². The maximum atomic E-state index is 13.6. The van der Waals surface area contributed by atoms with Crippen LogP contribution in [0, 0.1) is 17.1 Å². The van der Waals surface area contributed by atoms with Crippen LogP contribution in [0.2, 0.25) is 0 Å². The van der Waals surface area contributed by atoms with E-state index in [0.29, 0.717) is 0 Å². The Bertz CT molecular complexity index is 780. The summed E-state index contributed by atoms with van der Waals surface area (Å²) in [5, 5.41) is 10.9. The highest BCUT2D eigenvalue weighted by atomic mass is 32.2. The summed E-state index contributed by atoms with van der Waals surface area (Å²) in [5.74, 6) is -0.837. The van der Waals surface area contributed by atoms with Gasteiger partial charge in [-0.2, -0.15) is 9.57 Å². The average molecular weight is 324 g/mol. The molecule has 1 heterocycles. The minimum absolute atomic E-state index is 0.309. The molecular formula is C14H13FN2O2S2. The van der Waals surface area contributed by atoms with E-state index >= 15 is 0 Å². The third-order valence-corrected chi connectivity index (χ3v) is 6.26. The second-order valence-corrected chi connectivity index (χ2v) is 7.38. The lowest BCUT2D eigenvalue weighted by Gasteiger charge is -2.24. The molecule has 2 aromatic rings. The number of thiophene rings is 1. The Morgan fingerprint density at radius 3 is 2.62 bits per heavy atom. The average Bonchev–Trinajstić information content (AvgIpc) is 2.99. The van der Waals surface area contributed by atoms with E-state index in [4.69, 9.17) is 5.26 Å². The van der Waals surface area contributed by atoms with E-state index in [9.17, 15) is 12.8 Å². The lowest BCUT2D eigenvalue weighted by molar-refractivity contribution is 0.402. The normalized spacial score (nSPS) is 13.1. The van der Waals surface area contributed by atoms with E-state index in [1.165, 1.54) is 30.5 Å². The number of nitriles is 1. The SMILES string of the molecule is CC(c1cccs1)N(C)S(=O)(=O)c1cccc(F)c1C#N. The molecule has 0 aliphatic carbocycles. The molecule has 1 unspecified atom stereocenters. The van der Waals surface area contributed by atoms with Gasteiger partial charge in [-0.05, 0) is 30.5 Å². The van der Waals surface area contributed by atoms with E-state index in [0.717, 1.165) is 15.2 Å². The summed E-state index contributed by atoms with van der Waals surface area (Å²) in [6, 6.07) is 8.49. The standard InChI is InChI=1S/C14H13FN2O2S2/c1-10(13-6-4-8-20-13)17(2)21(18,19)14-7-3-5-12(15)11(14)9-16/h3-8,10H,1-2H3. The minimum atomic E-state index is -3.95. The molecule has 21 heavy (non-hydrogen) atoms. The van der Waals surface area contributed by atoms with E-state index in [1.807, 2.05) is 17.5 Å². The molecule has 1 aromatic heterocycles. The van der Waals surface area contributed by atoms with Gasteiger partial charge in [-0.3, -0.25) is 0 Å². The van der Waals surface area contributed by atoms with Gasteiger partial charge in [0.1, 0.15) is 22.3 Å². The highest BCUT2D eigenvalue weighted by molar-refractivity contribution is 7.89. The molecule has 1 atom stereocenters. The van der Waals surface area contributed by atoms with Gasteiger partial charge in [0.15, 0.2) is 0 Å². The maximum Gasteiger partial charge on any atom is 0.244 e. The molecule has 0 fully saturated rings. The third-order valence-electron chi connectivity index (χ3n) is 3.24. The number of hydrogen-bond donors (Lipinski definition) is 0. The molecule has 0 saturated carbocycles. The quantitative estimate of drug-likeness (QED) is 0.868. The molecule has 0 bridgehead atoms. The lowest BCUT2D eigenvalue weighted by Crippen LogP contribution is -2.30. The summed E-state index contributed by atoms with van der Waals surface area (Å²) in [6.45, 7) is 1.74. The molecule has 0 spiro atoms. The Morgan fingerprint density at radius 1 is 1.33 bits per heavy atom. The van der Waals surface area contributed by atoms with Gasteiger partial charge in [0.05, 0.1) is 6.04 Å². The van der Waals surface area contributed by atoms with E-state index in [2.05, 4.69) is 0 Å². The first-order valence-electron chi connectivity index (χ1n) is 6.09. The van der Waals surface area contributed by atoms with Crippen molar-refractivity contribution in [3.63, 3.8) is 0 Å². The van der Waals surface area contributed by atoms with Crippen molar-refractivity contribution in [1.82, 2.24) is 4.31 Å². The fourth-order valence-corrected chi connectivity index (χ4v) is 4.28. The van der Waals surface area contributed by atoms with Crippen molar-refractivity contribution < 1.29 is 12.8 Å². The predicted molar refractivity (Wildman–Crippen MR) is 78.8 cm³/mol. The number of nitrogens with zero attached hydrogens (tertiary/aromatic N) is 2. The van der Waals surface area contributed by atoms with Crippen LogP contribution in [0.15, 0.2) is 40.6 Å². The predicted octanol–water partition coefficient (Wildman–Crippen LogP) is 3.14. The molecule has 110 valence electrons. The first-order chi connectivity index (χ1) is 9.89. The minimum Gasteiger partial charge on any atom is -0.207 e. The second kappa shape index (κ2) is 5.93. The van der Waals surface area contributed by atoms with E-state index < -0.39 is 27.4 Å². The molecule has 0 radical (unpaired) electrons. The van der Waals surface area contributed by atoms with Gasteiger partial charge >= 0.3 is 0 Å². The monoisotopic (exact) mass is 324 g/mol. The molecule has 0 saturated heterocycles. The second-order valence-electron chi connectivity index (χ2n) is 4.44. The van der Waals surface area contributed by atoms with Gasteiger partial charge in [-0.25, -0.2) is 12.8 Å². The Hall–Kier alpha value is -1.75. The third kappa shape index (κ3) is 2.83. The van der Waals surface area contributed by atoms with Crippen molar-refractivity contribution in [2.75, 3.05) is 7.05 Å². The molecule has 7 heteroatoms.